The normalized spacial score (nSPS) is 32.3. The number of fused-ring (bicyclic) bond motifs is 1. The van der Waals surface area contributed by atoms with Crippen molar-refractivity contribution >= 4 is 22.8 Å². The van der Waals surface area contributed by atoms with Gasteiger partial charge in [-0.1, -0.05) is 23.8 Å². The van der Waals surface area contributed by atoms with Crippen LogP contribution < -0.4 is 0 Å². The molecule has 210 valence electrons. The Morgan fingerprint density at radius 1 is 1.05 bits per heavy atom. The molecule has 0 N–H and O–H groups in total. The summed E-state index contributed by atoms with van der Waals surface area (Å²) >= 11 is 0. The van der Waals surface area contributed by atoms with Crippen molar-refractivity contribution in [2.24, 2.45) is 36.6 Å². The molecule has 1 saturated heterocycles. The number of allylic oxidation sites excluding steroid dienone is 1. The number of nitrogens with zero attached hydrogens (tertiary/aromatic N) is 1. The van der Waals surface area contributed by atoms with Crippen molar-refractivity contribution in [2.45, 2.75) is 63.7 Å². The Hall–Kier alpha value is -2.91. The summed E-state index contributed by atoms with van der Waals surface area (Å²) in [7, 11) is 1.54. The molecule has 5 nitrogen and oxygen atoms in total. The third kappa shape index (κ3) is 3.41. The standard InChI is InChI=1S/C29H30F5NO4/c1-4-38-26(37)24-22(21-17-10-15-9-16(12-17)13-18(21)11-15)25(36)39-27(24,28(30,31)29(32,33)34)23-14(2)35(3)20-8-6-5-7-19(20)23/h5-8,15-18,24H,4,9-13H2,1-3H3/t15?,16?,17?,18?,24-,27+/m1/s1. The number of aryl methyl sites for hydroxylation is 1. The summed E-state index contributed by atoms with van der Waals surface area (Å²) in [4.78, 5) is 27.4. The van der Waals surface area contributed by atoms with Gasteiger partial charge >= 0.3 is 24.0 Å². The second kappa shape index (κ2) is 8.54. The number of halogens is 5. The lowest BCUT2D eigenvalue weighted by atomic mass is 9.52. The molecule has 39 heavy (non-hydrogen) atoms. The molecule has 4 aliphatic carbocycles. The van der Waals surface area contributed by atoms with Crippen LogP contribution in [-0.4, -0.2) is 35.2 Å². The minimum atomic E-state index is -6.13. The van der Waals surface area contributed by atoms with Gasteiger partial charge in [-0.05, 0) is 75.7 Å². The number of rotatable bonds is 4. The summed E-state index contributed by atoms with van der Waals surface area (Å²) < 4.78 is 87.7. The number of ether oxygens (including phenoxy) is 2. The Kier molecular flexibility index (Phi) is 5.77. The van der Waals surface area contributed by atoms with E-state index in [1.807, 2.05) is 0 Å². The summed E-state index contributed by atoms with van der Waals surface area (Å²) in [6.07, 6.45) is -2.16. The predicted octanol–water partition coefficient (Wildman–Crippen LogP) is 6.37. The third-order valence-corrected chi connectivity index (χ3v) is 9.61. The van der Waals surface area contributed by atoms with Gasteiger partial charge in [0.25, 0.3) is 0 Å². The van der Waals surface area contributed by atoms with E-state index in [1.165, 1.54) is 37.6 Å². The second-order valence-electron chi connectivity index (χ2n) is 11.6. The van der Waals surface area contributed by atoms with E-state index in [0.717, 1.165) is 32.1 Å². The molecule has 2 aromatic rings. The van der Waals surface area contributed by atoms with Crippen LogP contribution in [0.4, 0.5) is 22.0 Å². The van der Waals surface area contributed by atoms with Crippen LogP contribution in [0, 0.1) is 36.5 Å². The lowest BCUT2D eigenvalue weighted by Crippen LogP contribution is -2.60. The smallest absolute Gasteiger partial charge is 0.458 e. The van der Waals surface area contributed by atoms with Gasteiger partial charge in [-0.2, -0.15) is 22.0 Å². The highest BCUT2D eigenvalue weighted by atomic mass is 19.4. The summed E-state index contributed by atoms with van der Waals surface area (Å²) in [5, 5.41) is 0.0554. The Morgan fingerprint density at radius 3 is 2.21 bits per heavy atom. The molecular weight excluding hydrogens is 521 g/mol. The van der Waals surface area contributed by atoms with Crippen LogP contribution in [0.1, 0.15) is 50.3 Å². The van der Waals surface area contributed by atoms with Gasteiger partial charge in [-0.25, -0.2) is 4.79 Å². The molecule has 1 aromatic carbocycles. The average molecular weight is 552 g/mol. The number of carbonyl (C=O) groups is 2. The van der Waals surface area contributed by atoms with Crippen molar-refractivity contribution in [1.82, 2.24) is 4.57 Å². The zero-order valence-corrected chi connectivity index (χ0v) is 21.9. The molecule has 5 fully saturated rings. The first-order valence-electron chi connectivity index (χ1n) is 13.5. The SMILES string of the molecule is CCOC(=O)[C@H]1C(=C2C3CC4CC(C3)CC2C4)C(=O)O[C@]1(c1c(C)n(C)c2ccccc12)C(F)(F)C(F)(F)F. The summed E-state index contributed by atoms with van der Waals surface area (Å²) in [5.74, 6) is -9.93. The van der Waals surface area contributed by atoms with Gasteiger partial charge in [-0.15, -0.1) is 0 Å². The van der Waals surface area contributed by atoms with Crippen molar-refractivity contribution in [1.29, 1.82) is 0 Å². The van der Waals surface area contributed by atoms with E-state index in [9.17, 15) is 22.8 Å². The molecule has 2 heterocycles. The number of aromatic nitrogens is 1. The lowest BCUT2D eigenvalue weighted by Gasteiger charge is -2.52. The van der Waals surface area contributed by atoms with E-state index < -0.39 is 41.1 Å². The monoisotopic (exact) mass is 551 g/mol. The zero-order valence-electron chi connectivity index (χ0n) is 21.9. The first kappa shape index (κ1) is 26.3. The van der Waals surface area contributed by atoms with Gasteiger partial charge in [0.15, 0.2) is 0 Å². The van der Waals surface area contributed by atoms with Crippen molar-refractivity contribution in [3.05, 3.63) is 46.7 Å². The number of para-hydroxylation sites is 1. The molecule has 4 saturated carbocycles. The fraction of sp³-hybridized carbons (Fsp3) is 0.586. The number of hydrogen-bond acceptors (Lipinski definition) is 4. The predicted molar refractivity (Wildman–Crippen MR) is 131 cm³/mol. The molecule has 10 heteroatoms. The number of esters is 2. The molecule has 4 bridgehead atoms. The van der Waals surface area contributed by atoms with Crippen LogP contribution in [0.2, 0.25) is 0 Å². The van der Waals surface area contributed by atoms with Crippen LogP contribution in [0.25, 0.3) is 10.9 Å². The third-order valence-electron chi connectivity index (χ3n) is 9.61. The van der Waals surface area contributed by atoms with Crippen LogP contribution >= 0.6 is 0 Å². The maximum absolute atomic E-state index is 16.2. The first-order valence-corrected chi connectivity index (χ1v) is 13.5. The molecule has 0 unspecified atom stereocenters. The topological polar surface area (TPSA) is 57.5 Å². The number of alkyl halides is 5. The van der Waals surface area contributed by atoms with Gasteiger partial charge < -0.3 is 14.0 Å². The van der Waals surface area contributed by atoms with Gasteiger partial charge in [0.1, 0.15) is 5.92 Å². The van der Waals surface area contributed by atoms with E-state index in [4.69, 9.17) is 9.47 Å². The minimum Gasteiger partial charge on any atom is -0.465 e. The molecule has 1 aromatic heterocycles. The maximum atomic E-state index is 16.2. The van der Waals surface area contributed by atoms with Gasteiger partial charge in [0, 0.05) is 29.2 Å². The molecule has 0 spiro atoms. The summed E-state index contributed by atoms with van der Waals surface area (Å²) in [5.41, 5.74) is -3.60. The number of cyclic esters (lactones) is 1. The highest BCUT2D eigenvalue weighted by Crippen LogP contribution is 2.65. The fourth-order valence-corrected chi connectivity index (χ4v) is 8.30. The summed E-state index contributed by atoms with van der Waals surface area (Å²) in [6.45, 7) is 2.58. The van der Waals surface area contributed by atoms with Crippen molar-refractivity contribution < 1.29 is 41.0 Å². The molecule has 0 amide bonds. The highest BCUT2D eigenvalue weighted by molar-refractivity contribution is 6.02. The summed E-state index contributed by atoms with van der Waals surface area (Å²) in [6, 6.07) is 6.14. The average Bonchev–Trinajstić information content (AvgIpc) is 3.30. The molecule has 7 rings (SSSR count). The van der Waals surface area contributed by atoms with Crippen LogP contribution in [0.5, 0.6) is 0 Å². The van der Waals surface area contributed by atoms with Crippen LogP contribution in [-0.2, 0) is 31.7 Å². The van der Waals surface area contributed by atoms with E-state index in [-0.39, 0.29) is 35.1 Å². The van der Waals surface area contributed by atoms with Gasteiger partial charge in [0.2, 0.25) is 5.60 Å². The van der Waals surface area contributed by atoms with E-state index in [2.05, 4.69) is 0 Å². The van der Waals surface area contributed by atoms with E-state index in [1.54, 1.807) is 12.1 Å². The van der Waals surface area contributed by atoms with Gasteiger partial charge in [0.05, 0.1) is 12.2 Å². The molecule has 2 atom stereocenters. The molecule has 0 radical (unpaired) electrons. The van der Waals surface area contributed by atoms with E-state index >= 15 is 8.78 Å². The van der Waals surface area contributed by atoms with E-state index in [0.29, 0.717) is 22.9 Å². The Bertz CT molecular complexity index is 1380. The first-order chi connectivity index (χ1) is 18.3. The van der Waals surface area contributed by atoms with Crippen molar-refractivity contribution in [3.63, 3.8) is 0 Å². The number of hydrogen-bond donors (Lipinski definition) is 0. The van der Waals surface area contributed by atoms with Gasteiger partial charge in [-0.3, -0.25) is 4.79 Å². The maximum Gasteiger partial charge on any atom is 0.458 e. The Labute approximate surface area is 222 Å². The fourth-order valence-electron chi connectivity index (χ4n) is 8.30. The van der Waals surface area contributed by atoms with Crippen LogP contribution in [0.15, 0.2) is 35.4 Å². The zero-order chi connectivity index (χ0) is 28.1. The molecular formula is C29H30F5NO4. The Morgan fingerprint density at radius 2 is 1.64 bits per heavy atom. The quantitative estimate of drug-likeness (QED) is 0.252. The lowest BCUT2D eigenvalue weighted by molar-refractivity contribution is -0.348. The minimum absolute atomic E-state index is 0.0403. The molecule has 5 aliphatic rings. The Balaban J connectivity index is 1.70. The molecule has 1 aliphatic heterocycles. The second-order valence-corrected chi connectivity index (χ2v) is 11.6. The van der Waals surface area contributed by atoms with Crippen molar-refractivity contribution in [3.8, 4) is 0 Å². The number of carbonyl (C=O) groups excluding carboxylic acids is 2. The van der Waals surface area contributed by atoms with Crippen LogP contribution in [0.3, 0.4) is 0 Å². The van der Waals surface area contributed by atoms with Crippen molar-refractivity contribution in [2.75, 3.05) is 6.61 Å². The highest BCUT2D eigenvalue weighted by Gasteiger charge is 2.81. The largest absolute Gasteiger partial charge is 0.465 e. The number of benzene rings is 1.